The molecule has 88 valence electrons. The first-order chi connectivity index (χ1) is 7.28. The zero-order valence-corrected chi connectivity index (χ0v) is 10.3. The van der Waals surface area contributed by atoms with E-state index in [1.54, 1.807) is 0 Å². The third kappa shape index (κ3) is 3.76. The standard InChI is InChI=1S/C13H26N2/c1-3-15(9-12-4-5-12)10-13-6-7-14-11(2)8-13/h11-14H,3-10H2,1-2H3. The van der Waals surface area contributed by atoms with Crippen LogP contribution in [0.15, 0.2) is 0 Å². The molecule has 1 heterocycles. The van der Waals surface area contributed by atoms with Gasteiger partial charge in [-0.3, -0.25) is 0 Å². The number of nitrogens with zero attached hydrogens (tertiary/aromatic N) is 1. The van der Waals surface area contributed by atoms with E-state index in [9.17, 15) is 0 Å². The quantitative estimate of drug-likeness (QED) is 0.747. The van der Waals surface area contributed by atoms with Crippen LogP contribution in [0.2, 0.25) is 0 Å². The molecule has 0 aromatic carbocycles. The Hall–Kier alpha value is -0.0800. The monoisotopic (exact) mass is 210 g/mol. The summed E-state index contributed by atoms with van der Waals surface area (Å²) in [6.07, 6.45) is 5.73. The first kappa shape index (κ1) is 11.4. The lowest BCUT2D eigenvalue weighted by Crippen LogP contribution is -2.41. The molecule has 0 radical (unpaired) electrons. The summed E-state index contributed by atoms with van der Waals surface area (Å²) in [5.41, 5.74) is 0. The number of rotatable bonds is 5. The van der Waals surface area contributed by atoms with Crippen molar-refractivity contribution in [3.8, 4) is 0 Å². The maximum absolute atomic E-state index is 3.54. The van der Waals surface area contributed by atoms with E-state index < -0.39 is 0 Å². The van der Waals surface area contributed by atoms with Gasteiger partial charge in [-0.25, -0.2) is 0 Å². The second kappa shape index (κ2) is 5.31. The van der Waals surface area contributed by atoms with E-state index in [2.05, 4.69) is 24.1 Å². The van der Waals surface area contributed by atoms with Crippen molar-refractivity contribution in [1.82, 2.24) is 10.2 Å². The number of hydrogen-bond donors (Lipinski definition) is 1. The predicted molar refractivity (Wildman–Crippen MR) is 65.0 cm³/mol. The summed E-state index contributed by atoms with van der Waals surface area (Å²) in [6.45, 7) is 9.83. The van der Waals surface area contributed by atoms with Gasteiger partial charge in [-0.1, -0.05) is 6.92 Å². The van der Waals surface area contributed by atoms with Crippen LogP contribution in [-0.2, 0) is 0 Å². The van der Waals surface area contributed by atoms with Crippen molar-refractivity contribution in [1.29, 1.82) is 0 Å². The second-order valence-corrected chi connectivity index (χ2v) is 5.54. The molecular weight excluding hydrogens is 184 g/mol. The molecule has 0 aromatic rings. The molecule has 2 unspecified atom stereocenters. The molecule has 2 fully saturated rings. The summed E-state index contributed by atoms with van der Waals surface area (Å²) < 4.78 is 0. The molecule has 1 aliphatic heterocycles. The Kier molecular flexibility index (Phi) is 4.04. The van der Waals surface area contributed by atoms with Crippen molar-refractivity contribution in [3.63, 3.8) is 0 Å². The molecule has 2 atom stereocenters. The highest BCUT2D eigenvalue weighted by molar-refractivity contribution is 4.81. The van der Waals surface area contributed by atoms with Crippen LogP contribution >= 0.6 is 0 Å². The molecule has 2 aliphatic rings. The van der Waals surface area contributed by atoms with Gasteiger partial charge in [0.25, 0.3) is 0 Å². The van der Waals surface area contributed by atoms with Crippen LogP contribution in [0.25, 0.3) is 0 Å². The van der Waals surface area contributed by atoms with E-state index in [1.165, 1.54) is 51.9 Å². The van der Waals surface area contributed by atoms with Crippen molar-refractivity contribution in [2.24, 2.45) is 11.8 Å². The van der Waals surface area contributed by atoms with Gasteiger partial charge in [0.2, 0.25) is 0 Å². The first-order valence-electron chi connectivity index (χ1n) is 6.73. The lowest BCUT2D eigenvalue weighted by Gasteiger charge is -2.32. The lowest BCUT2D eigenvalue weighted by atomic mass is 9.92. The minimum atomic E-state index is 0.739. The van der Waals surface area contributed by atoms with Crippen LogP contribution in [0.3, 0.4) is 0 Å². The minimum Gasteiger partial charge on any atom is -0.314 e. The fourth-order valence-electron chi connectivity index (χ4n) is 2.76. The molecule has 2 rings (SSSR count). The molecule has 1 aliphatic carbocycles. The lowest BCUT2D eigenvalue weighted by molar-refractivity contribution is 0.192. The predicted octanol–water partition coefficient (Wildman–Crippen LogP) is 2.11. The summed E-state index contributed by atoms with van der Waals surface area (Å²) in [5.74, 6) is 1.99. The summed E-state index contributed by atoms with van der Waals surface area (Å²) in [4.78, 5) is 2.68. The van der Waals surface area contributed by atoms with Crippen molar-refractivity contribution < 1.29 is 0 Å². The Morgan fingerprint density at radius 3 is 2.47 bits per heavy atom. The van der Waals surface area contributed by atoms with Crippen molar-refractivity contribution in [2.75, 3.05) is 26.2 Å². The minimum absolute atomic E-state index is 0.739. The van der Waals surface area contributed by atoms with Crippen LogP contribution < -0.4 is 5.32 Å². The maximum Gasteiger partial charge on any atom is 0.00418 e. The van der Waals surface area contributed by atoms with Gasteiger partial charge in [0, 0.05) is 19.1 Å². The molecule has 0 aromatic heterocycles. The van der Waals surface area contributed by atoms with Crippen LogP contribution in [0.4, 0.5) is 0 Å². The third-order valence-electron chi connectivity index (χ3n) is 3.91. The van der Waals surface area contributed by atoms with Gasteiger partial charge in [0.15, 0.2) is 0 Å². The molecule has 0 bridgehead atoms. The molecule has 15 heavy (non-hydrogen) atoms. The highest BCUT2D eigenvalue weighted by atomic mass is 15.1. The molecule has 2 nitrogen and oxygen atoms in total. The second-order valence-electron chi connectivity index (χ2n) is 5.54. The largest absolute Gasteiger partial charge is 0.314 e. The number of nitrogens with one attached hydrogen (secondary N) is 1. The Morgan fingerprint density at radius 1 is 1.13 bits per heavy atom. The smallest absolute Gasteiger partial charge is 0.00418 e. The van der Waals surface area contributed by atoms with E-state index in [0.29, 0.717) is 0 Å². The van der Waals surface area contributed by atoms with E-state index in [1.807, 2.05) is 0 Å². The highest BCUT2D eigenvalue weighted by Crippen LogP contribution is 2.30. The van der Waals surface area contributed by atoms with Crippen LogP contribution in [0.5, 0.6) is 0 Å². The van der Waals surface area contributed by atoms with Crippen LogP contribution in [0.1, 0.15) is 39.5 Å². The SMILES string of the molecule is CCN(CC1CC1)CC1CCNC(C)C1. The third-order valence-corrected chi connectivity index (χ3v) is 3.91. The van der Waals surface area contributed by atoms with E-state index in [0.717, 1.165) is 17.9 Å². The molecule has 2 heteroatoms. The number of piperidine rings is 1. The molecular formula is C13H26N2. The molecule has 1 N–H and O–H groups in total. The first-order valence-corrected chi connectivity index (χ1v) is 6.73. The normalized spacial score (nSPS) is 32.2. The summed E-state index contributed by atoms with van der Waals surface area (Å²) in [5, 5.41) is 3.54. The topological polar surface area (TPSA) is 15.3 Å². The van der Waals surface area contributed by atoms with E-state index in [4.69, 9.17) is 0 Å². The van der Waals surface area contributed by atoms with Gasteiger partial charge in [-0.2, -0.15) is 0 Å². The van der Waals surface area contributed by atoms with E-state index >= 15 is 0 Å². The van der Waals surface area contributed by atoms with E-state index in [-0.39, 0.29) is 0 Å². The van der Waals surface area contributed by atoms with Gasteiger partial charge in [0.1, 0.15) is 0 Å². The highest BCUT2D eigenvalue weighted by Gasteiger charge is 2.26. The zero-order valence-electron chi connectivity index (χ0n) is 10.3. The van der Waals surface area contributed by atoms with Crippen molar-refractivity contribution in [2.45, 2.75) is 45.6 Å². The van der Waals surface area contributed by atoms with Gasteiger partial charge in [-0.15, -0.1) is 0 Å². The molecule has 1 saturated heterocycles. The molecule has 0 spiro atoms. The van der Waals surface area contributed by atoms with Gasteiger partial charge in [0.05, 0.1) is 0 Å². The number of hydrogen-bond acceptors (Lipinski definition) is 2. The molecule has 0 amide bonds. The summed E-state index contributed by atoms with van der Waals surface area (Å²) >= 11 is 0. The fourth-order valence-corrected chi connectivity index (χ4v) is 2.76. The Bertz CT molecular complexity index is 187. The van der Waals surface area contributed by atoms with Crippen molar-refractivity contribution >= 4 is 0 Å². The zero-order chi connectivity index (χ0) is 10.7. The summed E-state index contributed by atoms with van der Waals surface area (Å²) in [7, 11) is 0. The van der Waals surface area contributed by atoms with Gasteiger partial charge >= 0.3 is 0 Å². The Morgan fingerprint density at radius 2 is 1.87 bits per heavy atom. The van der Waals surface area contributed by atoms with Crippen molar-refractivity contribution in [3.05, 3.63) is 0 Å². The fraction of sp³-hybridized carbons (Fsp3) is 1.00. The van der Waals surface area contributed by atoms with Gasteiger partial charge < -0.3 is 10.2 Å². The average molecular weight is 210 g/mol. The van der Waals surface area contributed by atoms with Crippen LogP contribution in [-0.4, -0.2) is 37.1 Å². The van der Waals surface area contributed by atoms with Crippen LogP contribution in [0, 0.1) is 11.8 Å². The maximum atomic E-state index is 3.54. The average Bonchev–Trinajstić information content (AvgIpc) is 3.01. The Balaban J connectivity index is 1.72. The van der Waals surface area contributed by atoms with Gasteiger partial charge in [-0.05, 0) is 57.5 Å². The summed E-state index contributed by atoms with van der Waals surface area (Å²) in [6, 6.07) is 0.739. The molecule has 1 saturated carbocycles. The Labute approximate surface area is 94.4 Å².